The molecule has 0 saturated heterocycles. The lowest BCUT2D eigenvalue weighted by Gasteiger charge is -2.23. The van der Waals surface area contributed by atoms with Crippen LogP contribution in [0.3, 0.4) is 0 Å². The normalized spacial score (nSPS) is 12.7. The molecule has 0 aliphatic heterocycles. The monoisotopic (exact) mass is 269 g/mol. The minimum atomic E-state index is -0.557. The number of esters is 1. The van der Waals surface area contributed by atoms with Crippen molar-refractivity contribution in [1.29, 1.82) is 0 Å². The van der Waals surface area contributed by atoms with E-state index in [4.69, 9.17) is 9.47 Å². The number of benzene rings is 1. The minimum absolute atomic E-state index is 0.343. The van der Waals surface area contributed by atoms with Crippen LogP contribution in [0.2, 0.25) is 0 Å². The van der Waals surface area contributed by atoms with Crippen molar-refractivity contribution in [1.82, 2.24) is 0 Å². The molecule has 1 atom stereocenters. The van der Waals surface area contributed by atoms with E-state index in [1.807, 2.05) is 0 Å². The maximum atomic E-state index is 13.1. The van der Waals surface area contributed by atoms with Gasteiger partial charge in [0.2, 0.25) is 0 Å². The summed E-state index contributed by atoms with van der Waals surface area (Å²) in [6.07, 6.45) is 0. The number of methoxy groups -OCH3 is 1. The van der Waals surface area contributed by atoms with E-state index >= 15 is 0 Å². The van der Waals surface area contributed by atoms with Gasteiger partial charge in [-0.1, -0.05) is 0 Å². The predicted molar refractivity (Wildman–Crippen MR) is 71.9 cm³/mol. The van der Waals surface area contributed by atoms with Crippen LogP contribution in [0.25, 0.3) is 0 Å². The maximum Gasteiger partial charge on any atom is 0.328 e. The first-order valence-corrected chi connectivity index (χ1v) is 6.06. The molecule has 0 radical (unpaired) electrons. The number of halogens is 1. The highest BCUT2D eigenvalue weighted by Gasteiger charge is 2.22. The van der Waals surface area contributed by atoms with E-state index < -0.39 is 17.5 Å². The van der Waals surface area contributed by atoms with Crippen molar-refractivity contribution in [2.45, 2.75) is 39.3 Å². The fraction of sp³-hybridized carbons (Fsp3) is 0.500. The van der Waals surface area contributed by atoms with E-state index in [-0.39, 0.29) is 5.97 Å². The number of carbonyl (C=O) groups excluding carboxylic acids is 1. The summed E-state index contributed by atoms with van der Waals surface area (Å²) in [7, 11) is 1.44. The molecule has 0 aliphatic rings. The highest BCUT2D eigenvalue weighted by atomic mass is 19.1. The average Bonchev–Trinajstić information content (AvgIpc) is 2.29. The molecule has 1 rings (SSSR count). The van der Waals surface area contributed by atoms with Crippen LogP contribution in [-0.4, -0.2) is 24.7 Å². The van der Waals surface area contributed by atoms with Crippen molar-refractivity contribution < 1.29 is 18.7 Å². The summed E-state index contributed by atoms with van der Waals surface area (Å²) in [5, 5.41) is 2.94. The Balaban J connectivity index is 2.76. The Morgan fingerprint density at radius 2 is 2.00 bits per heavy atom. The smallest absolute Gasteiger partial charge is 0.328 e. The van der Waals surface area contributed by atoms with E-state index in [0.717, 1.165) is 0 Å². The summed E-state index contributed by atoms with van der Waals surface area (Å²) < 4.78 is 23.4. The van der Waals surface area contributed by atoms with Gasteiger partial charge in [-0.05, 0) is 39.8 Å². The number of rotatable bonds is 4. The SMILES string of the molecule is COc1cc(F)ccc1NC(C)C(=O)OC(C)(C)C. The van der Waals surface area contributed by atoms with Crippen molar-refractivity contribution in [2.24, 2.45) is 0 Å². The number of ether oxygens (including phenoxy) is 2. The zero-order chi connectivity index (χ0) is 14.6. The van der Waals surface area contributed by atoms with Crippen LogP contribution in [0, 0.1) is 5.82 Å². The molecule has 4 nitrogen and oxygen atoms in total. The van der Waals surface area contributed by atoms with Gasteiger partial charge in [0.25, 0.3) is 0 Å². The van der Waals surface area contributed by atoms with Gasteiger partial charge in [-0.15, -0.1) is 0 Å². The first-order chi connectivity index (χ1) is 8.73. The van der Waals surface area contributed by atoms with Crippen LogP contribution in [0.4, 0.5) is 10.1 Å². The number of nitrogens with one attached hydrogen (secondary N) is 1. The van der Waals surface area contributed by atoms with E-state index in [0.29, 0.717) is 11.4 Å². The molecule has 0 spiro atoms. The number of carbonyl (C=O) groups is 1. The van der Waals surface area contributed by atoms with Crippen LogP contribution < -0.4 is 10.1 Å². The Bertz CT molecular complexity index is 454. The van der Waals surface area contributed by atoms with Gasteiger partial charge in [-0.2, -0.15) is 0 Å². The molecule has 1 aromatic carbocycles. The molecule has 0 fully saturated rings. The van der Waals surface area contributed by atoms with Crippen molar-refractivity contribution >= 4 is 11.7 Å². The van der Waals surface area contributed by atoms with Gasteiger partial charge in [-0.25, -0.2) is 9.18 Å². The fourth-order valence-electron chi connectivity index (χ4n) is 1.47. The second-order valence-electron chi connectivity index (χ2n) is 5.24. The summed E-state index contributed by atoms with van der Waals surface area (Å²) >= 11 is 0. The first-order valence-electron chi connectivity index (χ1n) is 6.06. The molecule has 0 saturated carbocycles. The average molecular weight is 269 g/mol. The summed E-state index contributed by atoms with van der Waals surface area (Å²) in [4.78, 5) is 11.8. The molecule has 106 valence electrons. The van der Waals surface area contributed by atoms with Crippen LogP contribution in [0.1, 0.15) is 27.7 Å². The standard InChI is InChI=1S/C14H20FNO3/c1-9(13(17)19-14(2,3)4)16-11-7-6-10(15)8-12(11)18-5/h6-9,16H,1-5H3. The van der Waals surface area contributed by atoms with Crippen molar-refractivity contribution in [3.63, 3.8) is 0 Å². The molecule has 0 bridgehead atoms. The topological polar surface area (TPSA) is 47.6 Å². The van der Waals surface area contributed by atoms with E-state index in [1.54, 1.807) is 27.7 Å². The van der Waals surface area contributed by atoms with Gasteiger partial charge >= 0.3 is 5.97 Å². The van der Waals surface area contributed by atoms with Crippen LogP contribution in [-0.2, 0) is 9.53 Å². The zero-order valence-electron chi connectivity index (χ0n) is 11.9. The minimum Gasteiger partial charge on any atom is -0.494 e. The first kappa shape index (κ1) is 15.3. The summed E-state index contributed by atoms with van der Waals surface area (Å²) in [6, 6.07) is 3.52. The zero-order valence-corrected chi connectivity index (χ0v) is 11.9. The number of hydrogen-bond donors (Lipinski definition) is 1. The highest BCUT2D eigenvalue weighted by Crippen LogP contribution is 2.25. The number of hydrogen-bond acceptors (Lipinski definition) is 4. The molecule has 1 N–H and O–H groups in total. The Labute approximate surface area is 112 Å². The lowest BCUT2D eigenvalue weighted by Crippen LogP contribution is -2.34. The number of anilines is 1. The Kier molecular flexibility index (Phi) is 4.75. The van der Waals surface area contributed by atoms with Crippen molar-refractivity contribution in [3.05, 3.63) is 24.0 Å². The van der Waals surface area contributed by atoms with Gasteiger partial charge in [0.15, 0.2) is 0 Å². The van der Waals surface area contributed by atoms with E-state index in [2.05, 4.69) is 5.32 Å². The molecular formula is C14H20FNO3. The molecular weight excluding hydrogens is 249 g/mol. The molecule has 1 unspecified atom stereocenters. The van der Waals surface area contributed by atoms with Gasteiger partial charge in [-0.3, -0.25) is 0 Å². The van der Waals surface area contributed by atoms with Crippen molar-refractivity contribution in [3.8, 4) is 5.75 Å². The summed E-state index contributed by atoms with van der Waals surface area (Å²) in [6.45, 7) is 7.08. The fourth-order valence-corrected chi connectivity index (χ4v) is 1.47. The summed E-state index contributed by atoms with van der Waals surface area (Å²) in [5.74, 6) is -0.429. The summed E-state index contributed by atoms with van der Waals surface area (Å²) in [5.41, 5.74) is 0.00200. The molecule has 0 aromatic heterocycles. The van der Waals surface area contributed by atoms with Gasteiger partial charge in [0.05, 0.1) is 12.8 Å². The quantitative estimate of drug-likeness (QED) is 0.854. The highest BCUT2D eigenvalue weighted by molar-refractivity contribution is 5.80. The largest absolute Gasteiger partial charge is 0.494 e. The van der Waals surface area contributed by atoms with Crippen LogP contribution >= 0.6 is 0 Å². The van der Waals surface area contributed by atoms with Gasteiger partial charge < -0.3 is 14.8 Å². The maximum absolute atomic E-state index is 13.1. The molecule has 0 amide bonds. The molecule has 5 heteroatoms. The Hall–Kier alpha value is -1.78. The van der Waals surface area contributed by atoms with E-state index in [9.17, 15) is 9.18 Å². The molecule has 19 heavy (non-hydrogen) atoms. The third-order valence-electron chi connectivity index (χ3n) is 2.30. The van der Waals surface area contributed by atoms with Crippen LogP contribution in [0.15, 0.2) is 18.2 Å². The second-order valence-corrected chi connectivity index (χ2v) is 5.24. The predicted octanol–water partition coefficient (Wildman–Crippen LogP) is 2.98. The third kappa shape index (κ3) is 4.77. The molecule has 0 heterocycles. The Morgan fingerprint density at radius 1 is 1.37 bits per heavy atom. The molecule has 0 aliphatic carbocycles. The van der Waals surface area contributed by atoms with Crippen LogP contribution in [0.5, 0.6) is 5.75 Å². The van der Waals surface area contributed by atoms with Gasteiger partial charge in [0.1, 0.15) is 23.2 Å². The molecule has 1 aromatic rings. The second kappa shape index (κ2) is 5.91. The lowest BCUT2D eigenvalue weighted by atomic mass is 10.2. The van der Waals surface area contributed by atoms with Crippen molar-refractivity contribution in [2.75, 3.05) is 12.4 Å². The lowest BCUT2D eigenvalue weighted by molar-refractivity contribution is -0.155. The third-order valence-corrected chi connectivity index (χ3v) is 2.30. The Morgan fingerprint density at radius 3 is 2.53 bits per heavy atom. The van der Waals surface area contributed by atoms with Gasteiger partial charge in [0, 0.05) is 6.07 Å². The van der Waals surface area contributed by atoms with E-state index in [1.165, 1.54) is 25.3 Å².